The van der Waals surface area contributed by atoms with Crippen molar-refractivity contribution >= 4 is 34.6 Å². The smallest absolute Gasteiger partial charge is 0.282 e. The molecule has 2 aliphatic heterocycles. The van der Waals surface area contributed by atoms with Gasteiger partial charge in [0.15, 0.2) is 11.7 Å². The number of para-hydroxylation sites is 1. The normalized spacial score (nSPS) is 16.5. The minimum absolute atomic E-state index is 0.0298. The zero-order chi connectivity index (χ0) is 22.9. The summed E-state index contributed by atoms with van der Waals surface area (Å²) in [6.07, 6.45) is 5.30. The minimum Gasteiger partial charge on any atom is -0.497 e. The molecule has 5 rings (SSSR count). The number of rotatable bonds is 6. The Morgan fingerprint density at radius 3 is 2.67 bits per heavy atom. The number of hydrogen-bond donors (Lipinski definition) is 1. The average Bonchev–Trinajstić information content (AvgIpc) is 3.37. The van der Waals surface area contributed by atoms with Gasteiger partial charge in [-0.25, -0.2) is 0 Å². The Hall–Kier alpha value is -4.33. The van der Waals surface area contributed by atoms with Crippen LogP contribution in [-0.4, -0.2) is 40.9 Å². The summed E-state index contributed by atoms with van der Waals surface area (Å²) in [6, 6.07) is 15.4. The lowest BCUT2D eigenvalue weighted by atomic mass is 10.1. The maximum atomic E-state index is 12.6. The second kappa shape index (κ2) is 8.31. The molecule has 1 aromatic heterocycles. The van der Waals surface area contributed by atoms with E-state index in [2.05, 4.69) is 9.56 Å². The third-order valence-electron chi connectivity index (χ3n) is 5.46. The Morgan fingerprint density at radius 1 is 1.12 bits per heavy atom. The SMILES string of the molecule is COc1ccc(OCCn2cc(/C=C3\C(=N)N4OC(C)=CC4=NC3=O)c3ccccc32)cc1. The molecule has 8 heteroatoms. The number of nitrogens with one attached hydrogen (secondary N) is 1. The molecule has 2 aliphatic rings. The molecule has 0 radical (unpaired) electrons. The van der Waals surface area contributed by atoms with Crippen LogP contribution >= 0.6 is 0 Å². The molecule has 3 aromatic rings. The Labute approximate surface area is 190 Å². The standard InChI is InChI=1S/C25H22N4O4/c1-16-13-23-27-25(30)21(24(26)29(23)33-16)14-17-15-28(22-6-4-3-5-20(17)22)11-12-32-19-9-7-18(31-2)8-10-19/h3-10,13-15,26H,11-12H2,1-2H3/b21-14+,26-24?. The fraction of sp³-hybridized carbons (Fsp3) is 0.160. The molecular weight excluding hydrogens is 420 g/mol. The van der Waals surface area contributed by atoms with Gasteiger partial charge in [-0.3, -0.25) is 10.2 Å². The first-order valence-electron chi connectivity index (χ1n) is 10.5. The number of carbonyl (C=O) groups is 1. The Morgan fingerprint density at radius 2 is 1.88 bits per heavy atom. The summed E-state index contributed by atoms with van der Waals surface area (Å²) in [7, 11) is 1.63. The highest BCUT2D eigenvalue weighted by Gasteiger charge is 2.34. The first-order chi connectivity index (χ1) is 16.0. The van der Waals surface area contributed by atoms with Crippen LogP contribution in [0.1, 0.15) is 12.5 Å². The maximum Gasteiger partial charge on any atom is 0.282 e. The summed E-state index contributed by atoms with van der Waals surface area (Å²) in [5, 5.41) is 10.7. The molecule has 1 N–H and O–H groups in total. The number of benzene rings is 2. The lowest BCUT2D eigenvalue weighted by Crippen LogP contribution is -2.38. The number of hydrogen-bond acceptors (Lipinski definition) is 5. The molecule has 0 spiro atoms. The van der Waals surface area contributed by atoms with Gasteiger partial charge >= 0.3 is 0 Å². The predicted molar refractivity (Wildman–Crippen MR) is 125 cm³/mol. The number of amidine groups is 2. The molecule has 0 unspecified atom stereocenters. The topological polar surface area (TPSA) is 89.1 Å². The van der Waals surface area contributed by atoms with E-state index in [-0.39, 0.29) is 11.4 Å². The predicted octanol–water partition coefficient (Wildman–Crippen LogP) is 4.18. The fourth-order valence-corrected chi connectivity index (χ4v) is 3.86. The van der Waals surface area contributed by atoms with Crippen LogP contribution in [0.15, 0.2) is 77.1 Å². The number of nitrogens with zero attached hydrogens (tertiary/aromatic N) is 3. The van der Waals surface area contributed by atoms with E-state index in [9.17, 15) is 4.79 Å². The number of amides is 1. The number of carbonyl (C=O) groups excluding carboxylic acids is 1. The zero-order valence-corrected chi connectivity index (χ0v) is 18.2. The number of aromatic nitrogens is 1. The van der Waals surface area contributed by atoms with Gasteiger partial charge in [0.25, 0.3) is 5.91 Å². The third kappa shape index (κ3) is 3.87. The van der Waals surface area contributed by atoms with E-state index in [4.69, 9.17) is 19.7 Å². The second-order valence-corrected chi connectivity index (χ2v) is 7.64. The van der Waals surface area contributed by atoms with Crippen molar-refractivity contribution in [3.63, 3.8) is 0 Å². The van der Waals surface area contributed by atoms with Crippen LogP contribution in [0.25, 0.3) is 17.0 Å². The van der Waals surface area contributed by atoms with Gasteiger partial charge in [-0.05, 0) is 43.3 Å². The summed E-state index contributed by atoms with van der Waals surface area (Å²) in [4.78, 5) is 22.2. The monoisotopic (exact) mass is 442 g/mol. The van der Waals surface area contributed by atoms with Crippen molar-refractivity contribution in [2.24, 2.45) is 4.99 Å². The van der Waals surface area contributed by atoms with Gasteiger partial charge < -0.3 is 18.9 Å². The van der Waals surface area contributed by atoms with E-state index in [1.54, 1.807) is 26.2 Å². The number of aliphatic imine (C=N–C) groups is 1. The quantitative estimate of drug-likeness (QED) is 0.579. The number of ether oxygens (including phenoxy) is 2. The third-order valence-corrected chi connectivity index (χ3v) is 5.46. The van der Waals surface area contributed by atoms with Crippen molar-refractivity contribution in [1.82, 2.24) is 9.63 Å². The van der Waals surface area contributed by atoms with E-state index in [0.29, 0.717) is 24.7 Å². The number of allylic oxidation sites excluding steroid dienone is 1. The first kappa shape index (κ1) is 20.6. The van der Waals surface area contributed by atoms with Gasteiger partial charge in [0.1, 0.15) is 23.9 Å². The second-order valence-electron chi connectivity index (χ2n) is 7.64. The van der Waals surface area contributed by atoms with Crippen LogP contribution in [-0.2, 0) is 16.2 Å². The van der Waals surface area contributed by atoms with E-state index in [1.807, 2.05) is 54.7 Å². The van der Waals surface area contributed by atoms with Crippen LogP contribution in [0.3, 0.4) is 0 Å². The largest absolute Gasteiger partial charge is 0.497 e. The van der Waals surface area contributed by atoms with Crippen molar-refractivity contribution in [3.8, 4) is 11.5 Å². The molecule has 0 saturated carbocycles. The maximum absolute atomic E-state index is 12.6. The highest BCUT2D eigenvalue weighted by molar-refractivity contribution is 6.32. The van der Waals surface area contributed by atoms with Gasteiger partial charge in [0.05, 0.1) is 19.2 Å². The van der Waals surface area contributed by atoms with Crippen molar-refractivity contribution in [1.29, 1.82) is 5.41 Å². The fourth-order valence-electron chi connectivity index (χ4n) is 3.86. The highest BCUT2D eigenvalue weighted by atomic mass is 16.7. The van der Waals surface area contributed by atoms with Crippen LogP contribution in [0, 0.1) is 5.41 Å². The van der Waals surface area contributed by atoms with Crippen molar-refractivity contribution in [2.75, 3.05) is 13.7 Å². The highest BCUT2D eigenvalue weighted by Crippen LogP contribution is 2.28. The summed E-state index contributed by atoms with van der Waals surface area (Å²) in [5.41, 5.74) is 2.02. The summed E-state index contributed by atoms with van der Waals surface area (Å²) >= 11 is 0. The number of fused-ring (bicyclic) bond motifs is 2. The molecule has 33 heavy (non-hydrogen) atoms. The van der Waals surface area contributed by atoms with Gasteiger partial charge in [-0.1, -0.05) is 18.2 Å². The zero-order valence-electron chi connectivity index (χ0n) is 18.2. The first-order valence-corrected chi connectivity index (χ1v) is 10.5. The average molecular weight is 442 g/mol. The Kier molecular flexibility index (Phi) is 5.18. The minimum atomic E-state index is -0.458. The molecule has 2 aromatic carbocycles. The summed E-state index contributed by atoms with van der Waals surface area (Å²) < 4.78 is 13.1. The van der Waals surface area contributed by atoms with E-state index in [1.165, 1.54) is 5.06 Å². The lowest BCUT2D eigenvalue weighted by Gasteiger charge is -2.22. The molecule has 3 heterocycles. The molecule has 0 bridgehead atoms. The lowest BCUT2D eigenvalue weighted by molar-refractivity contribution is -0.114. The Bertz CT molecular complexity index is 1350. The van der Waals surface area contributed by atoms with Crippen molar-refractivity contribution < 1.29 is 19.1 Å². The molecule has 0 atom stereocenters. The molecule has 0 fully saturated rings. The van der Waals surface area contributed by atoms with Crippen molar-refractivity contribution in [3.05, 3.63) is 77.7 Å². The molecule has 0 aliphatic carbocycles. The molecule has 8 nitrogen and oxygen atoms in total. The molecular formula is C25H22N4O4. The number of hydroxylamine groups is 2. The van der Waals surface area contributed by atoms with Gasteiger partial charge in [-0.15, -0.1) is 5.06 Å². The van der Waals surface area contributed by atoms with E-state index in [0.717, 1.165) is 28.0 Å². The summed E-state index contributed by atoms with van der Waals surface area (Å²) in [6.45, 7) is 2.83. The van der Waals surface area contributed by atoms with E-state index < -0.39 is 5.91 Å². The van der Waals surface area contributed by atoms with Crippen LogP contribution in [0.2, 0.25) is 0 Å². The van der Waals surface area contributed by atoms with Gasteiger partial charge in [0.2, 0.25) is 0 Å². The van der Waals surface area contributed by atoms with Crippen molar-refractivity contribution in [2.45, 2.75) is 13.5 Å². The van der Waals surface area contributed by atoms with Gasteiger partial charge in [-0.2, -0.15) is 4.99 Å². The molecule has 1 amide bonds. The van der Waals surface area contributed by atoms with E-state index >= 15 is 0 Å². The van der Waals surface area contributed by atoms with Crippen LogP contribution < -0.4 is 9.47 Å². The number of methoxy groups -OCH3 is 1. The van der Waals surface area contributed by atoms with Crippen LogP contribution in [0.4, 0.5) is 0 Å². The van der Waals surface area contributed by atoms with Gasteiger partial charge in [0, 0.05) is 28.7 Å². The summed E-state index contributed by atoms with van der Waals surface area (Å²) in [5.74, 6) is 1.97. The molecule has 0 saturated heterocycles. The molecule has 166 valence electrons. The Balaban J connectivity index is 1.40. The van der Waals surface area contributed by atoms with Crippen LogP contribution in [0.5, 0.6) is 11.5 Å².